The Kier molecular flexibility index (Phi) is 48.3. The van der Waals surface area contributed by atoms with Crippen LogP contribution in [0, 0.1) is 0 Å². The van der Waals surface area contributed by atoms with Crippen molar-refractivity contribution in [2.45, 2.75) is 299 Å². The molecule has 12 unspecified atom stereocenters. The zero-order valence-electron chi connectivity index (χ0n) is 51.4. The number of unbranched alkanes of at least 4 members (excludes halogenated alkanes) is 22. The summed E-state index contributed by atoms with van der Waals surface area (Å²) in [6, 6.07) is -0.948. The lowest BCUT2D eigenvalue weighted by Gasteiger charge is -2.46. The van der Waals surface area contributed by atoms with E-state index in [1.54, 1.807) is 6.08 Å². The molecule has 2 rings (SSSR count). The van der Waals surface area contributed by atoms with E-state index >= 15 is 0 Å². The fraction of sp³-hybridized carbons (Fsp3) is 0.725. The lowest BCUT2D eigenvalue weighted by atomic mass is 9.97. The summed E-state index contributed by atoms with van der Waals surface area (Å²) in [6.07, 6.45) is 58.4. The van der Waals surface area contributed by atoms with Gasteiger partial charge in [0.25, 0.3) is 0 Å². The first-order chi connectivity index (χ1) is 40.6. The predicted molar refractivity (Wildman–Crippen MR) is 336 cm³/mol. The van der Waals surface area contributed by atoms with Gasteiger partial charge in [0.05, 0.1) is 32.0 Å². The molecular weight excluding hydrogens is 1050 g/mol. The van der Waals surface area contributed by atoms with Crippen LogP contribution in [0.15, 0.2) is 109 Å². The van der Waals surface area contributed by atoms with Crippen molar-refractivity contribution >= 4 is 5.91 Å². The number of nitrogens with one attached hydrogen (secondary N) is 1. The van der Waals surface area contributed by atoms with Gasteiger partial charge in [-0.15, -0.1) is 0 Å². The van der Waals surface area contributed by atoms with Crippen molar-refractivity contribution in [1.29, 1.82) is 0 Å². The summed E-state index contributed by atoms with van der Waals surface area (Å²) in [5.74, 6) is -0.262. The molecule has 0 aromatic rings. The molecule has 14 heteroatoms. The van der Waals surface area contributed by atoms with Crippen molar-refractivity contribution in [1.82, 2.24) is 5.32 Å². The third kappa shape index (κ3) is 37.7. The van der Waals surface area contributed by atoms with Gasteiger partial charge in [0.1, 0.15) is 48.8 Å². The molecule has 9 N–H and O–H groups in total. The summed E-state index contributed by atoms with van der Waals surface area (Å²) in [7, 11) is 0. The van der Waals surface area contributed by atoms with Crippen molar-refractivity contribution in [2.75, 3.05) is 19.8 Å². The molecule has 83 heavy (non-hydrogen) atoms. The van der Waals surface area contributed by atoms with Crippen molar-refractivity contribution in [2.24, 2.45) is 0 Å². The summed E-state index contributed by atoms with van der Waals surface area (Å²) >= 11 is 0. The van der Waals surface area contributed by atoms with E-state index in [0.717, 1.165) is 89.9 Å². The van der Waals surface area contributed by atoms with Gasteiger partial charge in [0.15, 0.2) is 12.6 Å². The van der Waals surface area contributed by atoms with Gasteiger partial charge in [-0.2, -0.15) is 0 Å². The minimum atomic E-state index is -1.80. The molecule has 0 aromatic carbocycles. The van der Waals surface area contributed by atoms with Crippen LogP contribution in [0.25, 0.3) is 0 Å². The number of hydrogen-bond donors (Lipinski definition) is 9. The normalized spacial score (nSPS) is 24.6. The smallest absolute Gasteiger partial charge is 0.220 e. The van der Waals surface area contributed by atoms with Gasteiger partial charge in [-0.1, -0.05) is 232 Å². The van der Waals surface area contributed by atoms with Crippen molar-refractivity contribution in [3.8, 4) is 0 Å². The molecule has 0 aromatic heterocycles. The van der Waals surface area contributed by atoms with Crippen LogP contribution >= 0.6 is 0 Å². The van der Waals surface area contributed by atoms with Crippen molar-refractivity contribution in [3.05, 3.63) is 109 Å². The van der Waals surface area contributed by atoms with E-state index in [-0.39, 0.29) is 18.9 Å². The Morgan fingerprint density at radius 2 is 0.843 bits per heavy atom. The topological polar surface area (TPSA) is 228 Å². The molecule has 2 aliphatic heterocycles. The SMILES string of the molecule is CC/C=C\C/C=C\C/C=C\C/C=C\C/C=C\C/C=C\CCCCCCCCCCCCC(=O)NC(COC1OC(CO)C(OC2OC(CO)C(O)C(O)C2O)C(O)C1O)C(O)/C=C/CC/C=C/CC/C=C/CCCCCCCCCCCC. The molecule has 2 heterocycles. The second kappa shape index (κ2) is 52.9. The summed E-state index contributed by atoms with van der Waals surface area (Å²) in [5.41, 5.74) is 0. The number of hydrogen-bond acceptors (Lipinski definition) is 13. The summed E-state index contributed by atoms with van der Waals surface area (Å²) in [4.78, 5) is 13.3. The van der Waals surface area contributed by atoms with E-state index in [0.29, 0.717) is 12.8 Å². The van der Waals surface area contributed by atoms with Gasteiger partial charge >= 0.3 is 0 Å². The van der Waals surface area contributed by atoms with Gasteiger partial charge in [0.2, 0.25) is 5.91 Å². The van der Waals surface area contributed by atoms with Crippen LogP contribution < -0.4 is 5.32 Å². The van der Waals surface area contributed by atoms with Crippen molar-refractivity contribution < 1.29 is 64.6 Å². The fourth-order valence-corrected chi connectivity index (χ4v) is 9.97. The second-order valence-corrected chi connectivity index (χ2v) is 22.5. The Bertz CT molecular complexity index is 1810. The van der Waals surface area contributed by atoms with Crippen LogP contribution in [-0.4, -0.2) is 140 Å². The number of allylic oxidation sites excluding steroid dienone is 17. The molecule has 0 saturated carbocycles. The highest BCUT2D eigenvalue weighted by Crippen LogP contribution is 2.30. The van der Waals surface area contributed by atoms with E-state index in [2.05, 4.69) is 116 Å². The van der Waals surface area contributed by atoms with E-state index in [9.17, 15) is 45.6 Å². The Hall–Kier alpha value is -3.35. The van der Waals surface area contributed by atoms with Crippen LogP contribution in [0.1, 0.15) is 226 Å². The lowest BCUT2D eigenvalue weighted by Crippen LogP contribution is -2.65. The molecule has 12 atom stereocenters. The van der Waals surface area contributed by atoms with Crippen molar-refractivity contribution in [3.63, 3.8) is 0 Å². The average molecular weight is 1170 g/mol. The van der Waals surface area contributed by atoms with E-state index in [1.165, 1.54) is 103 Å². The number of aliphatic hydroxyl groups is 8. The third-order valence-electron chi connectivity index (χ3n) is 15.2. The van der Waals surface area contributed by atoms with Crippen LogP contribution in [0.4, 0.5) is 0 Å². The number of aliphatic hydroxyl groups excluding tert-OH is 8. The zero-order chi connectivity index (χ0) is 60.2. The molecule has 0 aliphatic carbocycles. The van der Waals surface area contributed by atoms with Gasteiger partial charge in [-0.3, -0.25) is 4.79 Å². The lowest BCUT2D eigenvalue weighted by molar-refractivity contribution is -0.359. The molecule has 2 aliphatic rings. The molecule has 1 amide bonds. The largest absolute Gasteiger partial charge is 0.394 e. The maximum atomic E-state index is 13.3. The van der Waals surface area contributed by atoms with E-state index < -0.39 is 86.8 Å². The monoisotopic (exact) mass is 1170 g/mol. The standard InChI is InChI=1S/C69H117NO13/c1-3-5-7-9-11-13-15-17-19-21-23-25-26-27-28-29-30-31-32-33-35-37-39-41-43-45-47-49-51-53-61(74)70-57(58(73)52-50-48-46-44-42-40-38-36-34-24-22-20-18-16-14-12-10-8-6-4-2)56-80-68-66(79)64(77)67(60(55-72)82-68)83-69-65(78)63(76)62(75)59(54-71)81-69/h5,7,11,13,17,19,23,25,27-28,30-31,34,36,42,44,50,52,57-60,62-69,71-73,75-79H,3-4,6,8-10,12,14-16,18,20-22,24,26,29,32-33,35,37-41,43,45-49,51,53-56H2,1-2H3,(H,70,74)/b7-5-,13-11-,19-17-,25-23-,28-27-,31-30-,36-34+,44-42+,52-50+. The molecule has 476 valence electrons. The minimum absolute atomic E-state index is 0.258. The second-order valence-electron chi connectivity index (χ2n) is 22.5. The van der Waals surface area contributed by atoms with Crippen LogP contribution in [0.3, 0.4) is 0 Å². The Morgan fingerprint density at radius 3 is 1.33 bits per heavy atom. The first-order valence-electron chi connectivity index (χ1n) is 32.6. The highest BCUT2D eigenvalue weighted by Gasteiger charge is 2.51. The van der Waals surface area contributed by atoms with Crippen LogP contribution in [0.5, 0.6) is 0 Å². The fourth-order valence-electron chi connectivity index (χ4n) is 9.97. The predicted octanol–water partition coefficient (Wildman–Crippen LogP) is 12.4. The maximum absolute atomic E-state index is 13.3. The molecule has 2 saturated heterocycles. The zero-order valence-corrected chi connectivity index (χ0v) is 51.4. The van der Waals surface area contributed by atoms with E-state index in [1.807, 2.05) is 6.08 Å². The number of rotatable bonds is 51. The van der Waals surface area contributed by atoms with Gasteiger partial charge in [-0.25, -0.2) is 0 Å². The summed E-state index contributed by atoms with van der Waals surface area (Å²) in [5, 5.41) is 87.3. The van der Waals surface area contributed by atoms with Gasteiger partial charge in [-0.05, 0) is 96.3 Å². The van der Waals surface area contributed by atoms with Crippen LogP contribution in [-0.2, 0) is 23.7 Å². The minimum Gasteiger partial charge on any atom is -0.394 e. The Labute approximate surface area is 502 Å². The number of carbonyl (C=O) groups excluding carboxylic acids is 1. The Balaban J connectivity index is 1.74. The molecule has 2 fully saturated rings. The maximum Gasteiger partial charge on any atom is 0.220 e. The van der Waals surface area contributed by atoms with Gasteiger partial charge < -0.3 is 65.1 Å². The first-order valence-corrected chi connectivity index (χ1v) is 32.6. The molecule has 14 nitrogen and oxygen atoms in total. The molecule has 0 spiro atoms. The Morgan fingerprint density at radius 1 is 0.446 bits per heavy atom. The van der Waals surface area contributed by atoms with Crippen LogP contribution in [0.2, 0.25) is 0 Å². The molecule has 0 radical (unpaired) electrons. The first kappa shape index (κ1) is 75.7. The molecule has 0 bridgehead atoms. The molecular formula is C69H117NO13. The highest BCUT2D eigenvalue weighted by molar-refractivity contribution is 5.76. The highest BCUT2D eigenvalue weighted by atomic mass is 16.7. The summed E-state index contributed by atoms with van der Waals surface area (Å²) in [6.45, 7) is 2.65. The summed E-state index contributed by atoms with van der Waals surface area (Å²) < 4.78 is 22.8. The number of ether oxygens (including phenoxy) is 4. The number of carbonyl (C=O) groups is 1. The third-order valence-corrected chi connectivity index (χ3v) is 15.2. The quantitative estimate of drug-likeness (QED) is 0.0204. The average Bonchev–Trinajstić information content (AvgIpc) is 3.65. The van der Waals surface area contributed by atoms with Gasteiger partial charge in [0, 0.05) is 6.42 Å². The number of amides is 1. The van der Waals surface area contributed by atoms with E-state index in [4.69, 9.17) is 18.9 Å².